The lowest BCUT2D eigenvalue weighted by molar-refractivity contribution is -0.154. The first kappa shape index (κ1) is 12.2. The summed E-state index contributed by atoms with van der Waals surface area (Å²) in [6.45, 7) is 5.23. The maximum atomic E-state index is 10.7. The van der Waals surface area contributed by atoms with Crippen LogP contribution in [0.4, 0.5) is 0 Å². The fourth-order valence-electron chi connectivity index (χ4n) is 1.99. The lowest BCUT2D eigenvalue weighted by Crippen LogP contribution is -2.32. The molecule has 4 atom stereocenters. The number of carbonyl (C=O) groups is 1. The molecule has 0 spiro atoms. The second kappa shape index (κ2) is 4.18. The summed E-state index contributed by atoms with van der Waals surface area (Å²) in [6, 6.07) is 0. The molecule has 1 unspecified atom stereocenters. The number of aliphatic hydroxyl groups is 1. The maximum Gasteiger partial charge on any atom is 0.302 e. The molecule has 16 heavy (non-hydrogen) atoms. The van der Waals surface area contributed by atoms with Gasteiger partial charge in [-0.05, 0) is 13.8 Å². The predicted molar refractivity (Wildman–Crippen MR) is 57.8 cm³/mol. The van der Waals surface area contributed by atoms with Gasteiger partial charge in [0.25, 0.3) is 0 Å². The molecule has 5 nitrogen and oxygen atoms in total. The van der Waals surface area contributed by atoms with Gasteiger partial charge in [-0.25, -0.2) is 0 Å². The van der Waals surface area contributed by atoms with Gasteiger partial charge in [0.15, 0.2) is 5.79 Å². The molecule has 0 bridgehead atoms. The van der Waals surface area contributed by atoms with E-state index in [1.165, 1.54) is 18.7 Å². The average Bonchev–Trinajstić information content (AvgIpc) is 2.59. The third-order valence-electron chi connectivity index (χ3n) is 2.58. The van der Waals surface area contributed by atoms with Gasteiger partial charge in [-0.2, -0.15) is 0 Å². The number of aliphatic hydroxyl groups excluding tert-OH is 1. The van der Waals surface area contributed by atoms with Crippen molar-refractivity contribution in [2.45, 2.75) is 49.5 Å². The van der Waals surface area contributed by atoms with E-state index in [1.807, 2.05) is 13.8 Å². The summed E-state index contributed by atoms with van der Waals surface area (Å²) < 4.78 is 16.2. The van der Waals surface area contributed by atoms with Gasteiger partial charge >= 0.3 is 5.97 Å². The summed E-state index contributed by atoms with van der Waals surface area (Å²) in [5, 5.41) is 9.72. The summed E-state index contributed by atoms with van der Waals surface area (Å²) in [5.41, 5.74) is -0.618. The Morgan fingerprint density at radius 1 is 1.44 bits per heavy atom. The van der Waals surface area contributed by atoms with E-state index in [4.69, 9.17) is 14.2 Å². The largest absolute Gasteiger partial charge is 0.465 e. The van der Waals surface area contributed by atoms with Crippen LogP contribution >= 0.6 is 11.8 Å². The molecule has 2 aliphatic heterocycles. The molecular formula is C10H16O5S. The van der Waals surface area contributed by atoms with E-state index < -0.39 is 11.2 Å². The number of hydrogen-bond donors (Lipinski definition) is 1. The second-order valence-corrected chi connectivity index (χ2v) is 5.79. The summed E-state index contributed by atoms with van der Waals surface area (Å²) in [5.74, 6) is -0.997. The highest BCUT2D eigenvalue weighted by Gasteiger charge is 2.54. The van der Waals surface area contributed by atoms with Gasteiger partial charge in [0.1, 0.15) is 24.3 Å². The Hall–Kier alpha value is -0.300. The zero-order chi connectivity index (χ0) is 11.9. The zero-order valence-corrected chi connectivity index (χ0v) is 10.3. The van der Waals surface area contributed by atoms with Gasteiger partial charge in [-0.1, -0.05) is 0 Å². The van der Waals surface area contributed by atoms with Gasteiger partial charge in [0.05, 0.1) is 5.25 Å². The molecular weight excluding hydrogens is 232 g/mol. The second-order valence-electron chi connectivity index (χ2n) is 4.43. The Morgan fingerprint density at radius 2 is 2.06 bits per heavy atom. The van der Waals surface area contributed by atoms with Crippen LogP contribution in [0.2, 0.25) is 0 Å². The summed E-state index contributed by atoms with van der Waals surface area (Å²) >= 11 is 1.33. The van der Waals surface area contributed by atoms with E-state index in [0.717, 1.165) is 0 Å². The molecule has 2 fully saturated rings. The van der Waals surface area contributed by atoms with Crippen LogP contribution in [0.15, 0.2) is 0 Å². The third-order valence-corrected chi connectivity index (χ3v) is 3.88. The quantitative estimate of drug-likeness (QED) is 0.718. The van der Waals surface area contributed by atoms with Crippen LogP contribution in [0.5, 0.6) is 0 Å². The highest BCUT2D eigenvalue weighted by molar-refractivity contribution is 8.00. The molecule has 0 aromatic carbocycles. The average molecular weight is 248 g/mol. The van der Waals surface area contributed by atoms with Crippen molar-refractivity contribution >= 4 is 17.7 Å². The summed E-state index contributed by atoms with van der Waals surface area (Å²) in [7, 11) is 0. The molecule has 92 valence electrons. The van der Waals surface area contributed by atoms with E-state index in [1.54, 1.807) is 0 Å². The SMILES string of the molecule is CC(=O)OC[C@H]1SC(O)[C@@H]2OC(C)(C)O[C@H]12. The molecule has 0 radical (unpaired) electrons. The highest BCUT2D eigenvalue weighted by Crippen LogP contribution is 2.44. The Kier molecular flexibility index (Phi) is 3.18. The number of thioether (sulfide) groups is 1. The number of esters is 1. The molecule has 2 heterocycles. The Labute approximate surface area is 98.4 Å². The topological polar surface area (TPSA) is 65.0 Å². The van der Waals surface area contributed by atoms with E-state index in [0.29, 0.717) is 0 Å². The van der Waals surface area contributed by atoms with E-state index >= 15 is 0 Å². The van der Waals surface area contributed by atoms with Crippen LogP contribution in [0, 0.1) is 0 Å². The number of fused-ring (bicyclic) bond motifs is 1. The number of rotatable bonds is 2. The van der Waals surface area contributed by atoms with Crippen molar-refractivity contribution in [2.24, 2.45) is 0 Å². The molecule has 2 saturated heterocycles. The molecule has 2 aliphatic rings. The molecule has 0 saturated carbocycles. The smallest absolute Gasteiger partial charge is 0.302 e. The fourth-order valence-corrected chi connectivity index (χ4v) is 3.23. The molecule has 2 rings (SSSR count). The number of ether oxygens (including phenoxy) is 3. The molecule has 0 aliphatic carbocycles. The molecule has 0 aromatic heterocycles. The fraction of sp³-hybridized carbons (Fsp3) is 0.900. The monoisotopic (exact) mass is 248 g/mol. The Balaban J connectivity index is 1.99. The first-order chi connectivity index (χ1) is 7.39. The van der Waals surface area contributed by atoms with Gasteiger partial charge < -0.3 is 19.3 Å². The molecule has 0 aromatic rings. The minimum Gasteiger partial charge on any atom is -0.465 e. The van der Waals surface area contributed by atoms with E-state index in [2.05, 4.69) is 0 Å². The van der Waals surface area contributed by atoms with Crippen LogP contribution in [0.3, 0.4) is 0 Å². The standard InChI is InChI=1S/C10H16O5S/c1-5(11)13-4-6-7-8(9(12)16-6)15-10(2,3)14-7/h6-9,12H,4H2,1-3H3/t6-,7-,8-,9?/m1/s1. The molecule has 0 amide bonds. The van der Waals surface area contributed by atoms with Gasteiger partial charge in [-0.3, -0.25) is 4.79 Å². The lowest BCUT2D eigenvalue weighted by atomic mass is 10.1. The third kappa shape index (κ3) is 2.34. The van der Waals surface area contributed by atoms with Crippen molar-refractivity contribution in [3.63, 3.8) is 0 Å². The van der Waals surface area contributed by atoms with Crippen LogP contribution in [-0.2, 0) is 19.0 Å². The van der Waals surface area contributed by atoms with Crippen molar-refractivity contribution < 1.29 is 24.1 Å². The Morgan fingerprint density at radius 3 is 2.69 bits per heavy atom. The van der Waals surface area contributed by atoms with Crippen molar-refractivity contribution in [2.75, 3.05) is 6.61 Å². The number of hydrogen-bond acceptors (Lipinski definition) is 6. The van der Waals surface area contributed by atoms with Gasteiger partial charge in [0, 0.05) is 6.92 Å². The van der Waals surface area contributed by atoms with Crippen LogP contribution in [0.1, 0.15) is 20.8 Å². The van der Waals surface area contributed by atoms with Crippen LogP contribution < -0.4 is 0 Å². The van der Waals surface area contributed by atoms with Crippen molar-refractivity contribution in [3.8, 4) is 0 Å². The lowest BCUT2D eigenvalue weighted by Gasteiger charge is -2.21. The minimum atomic E-state index is -0.675. The molecule has 6 heteroatoms. The maximum absolute atomic E-state index is 10.7. The summed E-state index contributed by atoms with van der Waals surface area (Å²) in [6.07, 6.45) is -0.546. The first-order valence-corrected chi connectivity index (χ1v) is 6.16. The first-order valence-electron chi connectivity index (χ1n) is 5.21. The van der Waals surface area contributed by atoms with Crippen LogP contribution in [0.25, 0.3) is 0 Å². The van der Waals surface area contributed by atoms with Crippen molar-refractivity contribution in [1.82, 2.24) is 0 Å². The molecule has 1 N–H and O–H groups in total. The van der Waals surface area contributed by atoms with Crippen molar-refractivity contribution in [1.29, 1.82) is 0 Å². The van der Waals surface area contributed by atoms with E-state index in [-0.39, 0.29) is 30.0 Å². The predicted octanol–water partition coefficient (Wildman–Crippen LogP) is 0.503. The highest BCUT2D eigenvalue weighted by atomic mass is 32.2. The number of carbonyl (C=O) groups excluding carboxylic acids is 1. The Bertz CT molecular complexity index is 293. The van der Waals surface area contributed by atoms with Gasteiger partial charge in [0.2, 0.25) is 0 Å². The van der Waals surface area contributed by atoms with Gasteiger partial charge in [-0.15, -0.1) is 11.8 Å². The van der Waals surface area contributed by atoms with E-state index in [9.17, 15) is 9.90 Å². The van der Waals surface area contributed by atoms with Crippen LogP contribution in [-0.4, -0.2) is 46.4 Å². The normalized spacial score (nSPS) is 40.8. The van der Waals surface area contributed by atoms with Crippen molar-refractivity contribution in [3.05, 3.63) is 0 Å². The summed E-state index contributed by atoms with van der Waals surface area (Å²) in [4.78, 5) is 10.7. The minimum absolute atomic E-state index is 0.0642. The zero-order valence-electron chi connectivity index (χ0n) is 9.50.